The van der Waals surface area contributed by atoms with E-state index < -0.39 is 6.10 Å². The number of hydrogen-bond donors (Lipinski definition) is 2. The molecule has 5 rings (SSSR count). The van der Waals surface area contributed by atoms with Gasteiger partial charge in [0.15, 0.2) is 0 Å². The summed E-state index contributed by atoms with van der Waals surface area (Å²) in [6, 6.07) is 26.1. The Kier molecular flexibility index (Phi) is 8.71. The number of amides is 2. The van der Waals surface area contributed by atoms with Crippen LogP contribution in [0.3, 0.4) is 0 Å². The Balaban J connectivity index is 1.36. The SMILES string of the molecule is COc1ccc(NC(=O)N2CC[C@H](O)CN3C(C2)[C@@H](c2ccc(C#Cc4ccccc4)cc2)[C@H]3CN(C)C)cc1. The lowest BCUT2D eigenvalue weighted by Gasteiger charge is -2.58. The summed E-state index contributed by atoms with van der Waals surface area (Å²) in [7, 11) is 5.79. The van der Waals surface area contributed by atoms with Gasteiger partial charge in [-0.1, -0.05) is 42.2 Å². The third-order valence-corrected chi connectivity index (χ3v) is 7.84. The van der Waals surface area contributed by atoms with Crippen molar-refractivity contribution in [2.24, 2.45) is 0 Å². The van der Waals surface area contributed by atoms with Gasteiger partial charge in [0, 0.05) is 61.0 Å². The van der Waals surface area contributed by atoms with Gasteiger partial charge < -0.3 is 25.0 Å². The van der Waals surface area contributed by atoms with Gasteiger partial charge in [-0.05, 0) is 74.6 Å². The first-order valence-electron chi connectivity index (χ1n) is 13.9. The van der Waals surface area contributed by atoms with Gasteiger partial charge in [0.1, 0.15) is 5.75 Å². The monoisotopic (exact) mass is 538 g/mol. The molecular formula is C33H38N4O3. The first-order valence-corrected chi connectivity index (χ1v) is 13.9. The molecule has 3 aromatic rings. The van der Waals surface area contributed by atoms with Crippen molar-refractivity contribution in [3.05, 3.63) is 95.6 Å². The van der Waals surface area contributed by atoms with E-state index in [4.69, 9.17) is 4.74 Å². The van der Waals surface area contributed by atoms with Crippen LogP contribution in [-0.4, -0.2) is 91.4 Å². The van der Waals surface area contributed by atoms with Crippen LogP contribution in [0.25, 0.3) is 0 Å². The highest BCUT2D eigenvalue weighted by Crippen LogP contribution is 2.42. The molecule has 4 atom stereocenters. The van der Waals surface area contributed by atoms with Gasteiger partial charge in [-0.25, -0.2) is 4.79 Å². The lowest BCUT2D eigenvalue weighted by molar-refractivity contribution is -0.0735. The summed E-state index contributed by atoms with van der Waals surface area (Å²) in [6.45, 7) is 2.60. The van der Waals surface area contributed by atoms with Crippen LogP contribution < -0.4 is 10.1 Å². The van der Waals surface area contributed by atoms with E-state index in [1.807, 2.05) is 59.5 Å². The molecule has 7 nitrogen and oxygen atoms in total. The molecule has 0 spiro atoms. The van der Waals surface area contributed by atoms with E-state index >= 15 is 0 Å². The molecule has 0 saturated carbocycles. The Morgan fingerprint density at radius 2 is 1.65 bits per heavy atom. The first kappa shape index (κ1) is 27.7. The van der Waals surface area contributed by atoms with Crippen molar-refractivity contribution in [2.75, 3.05) is 52.7 Å². The molecule has 2 aliphatic heterocycles. The predicted octanol–water partition coefficient (Wildman–Crippen LogP) is 4.09. The van der Waals surface area contributed by atoms with Gasteiger partial charge in [-0.15, -0.1) is 0 Å². The minimum absolute atomic E-state index is 0.114. The van der Waals surface area contributed by atoms with Crippen molar-refractivity contribution in [1.82, 2.24) is 14.7 Å². The average molecular weight is 539 g/mol. The molecule has 208 valence electrons. The van der Waals surface area contributed by atoms with Crippen LogP contribution in [0.2, 0.25) is 0 Å². The number of anilines is 1. The molecule has 0 bridgehead atoms. The molecule has 2 N–H and O–H groups in total. The molecule has 3 aromatic carbocycles. The molecule has 0 radical (unpaired) electrons. The second-order valence-electron chi connectivity index (χ2n) is 10.9. The van der Waals surface area contributed by atoms with Gasteiger partial charge in [0.2, 0.25) is 0 Å². The van der Waals surface area contributed by atoms with E-state index in [0.29, 0.717) is 31.7 Å². The molecule has 40 heavy (non-hydrogen) atoms. The van der Waals surface area contributed by atoms with E-state index in [0.717, 1.165) is 23.4 Å². The molecular weight excluding hydrogens is 500 g/mol. The highest BCUT2D eigenvalue weighted by molar-refractivity contribution is 5.89. The van der Waals surface area contributed by atoms with Crippen LogP contribution >= 0.6 is 0 Å². The Labute approximate surface area is 237 Å². The lowest BCUT2D eigenvalue weighted by atomic mass is 9.73. The van der Waals surface area contributed by atoms with Crippen molar-refractivity contribution in [3.63, 3.8) is 0 Å². The Hall–Kier alpha value is -3.83. The minimum Gasteiger partial charge on any atom is -0.497 e. The average Bonchev–Trinajstić information content (AvgIpc) is 2.96. The minimum atomic E-state index is -0.486. The maximum absolute atomic E-state index is 13.4. The zero-order chi connectivity index (χ0) is 28.1. The summed E-state index contributed by atoms with van der Waals surface area (Å²) in [4.78, 5) is 19.8. The molecule has 1 unspecified atom stereocenters. The fourth-order valence-corrected chi connectivity index (χ4v) is 5.81. The second-order valence-corrected chi connectivity index (χ2v) is 10.9. The van der Waals surface area contributed by atoms with Gasteiger partial charge in [-0.3, -0.25) is 4.90 Å². The van der Waals surface area contributed by atoms with E-state index in [-0.39, 0.29) is 24.0 Å². The van der Waals surface area contributed by atoms with Crippen LogP contribution in [0, 0.1) is 11.8 Å². The number of fused-ring (bicyclic) bond motifs is 1. The van der Waals surface area contributed by atoms with Gasteiger partial charge in [-0.2, -0.15) is 0 Å². The Morgan fingerprint density at radius 1 is 0.975 bits per heavy atom. The summed E-state index contributed by atoms with van der Waals surface area (Å²) < 4.78 is 5.23. The fraction of sp³-hybridized carbons (Fsp3) is 0.364. The maximum atomic E-state index is 13.4. The van der Waals surface area contributed by atoms with Crippen LogP contribution in [0.5, 0.6) is 5.75 Å². The molecule has 0 aromatic heterocycles. The molecule has 2 heterocycles. The quantitative estimate of drug-likeness (QED) is 0.479. The predicted molar refractivity (Wildman–Crippen MR) is 159 cm³/mol. The summed E-state index contributed by atoms with van der Waals surface area (Å²) >= 11 is 0. The second kappa shape index (κ2) is 12.6. The molecule has 0 aliphatic carbocycles. The largest absolute Gasteiger partial charge is 0.497 e. The fourth-order valence-electron chi connectivity index (χ4n) is 5.81. The number of likely N-dealkylation sites (N-methyl/N-ethyl adjacent to an activating group) is 1. The normalized spacial score (nSPS) is 22.7. The third kappa shape index (κ3) is 6.48. The van der Waals surface area contributed by atoms with E-state index in [1.165, 1.54) is 5.56 Å². The molecule has 2 amide bonds. The number of rotatable bonds is 5. The number of methoxy groups -OCH3 is 1. The highest BCUT2D eigenvalue weighted by atomic mass is 16.5. The van der Waals surface area contributed by atoms with Crippen molar-refractivity contribution < 1.29 is 14.6 Å². The number of nitrogens with one attached hydrogen (secondary N) is 1. The van der Waals surface area contributed by atoms with Gasteiger partial charge in [0.05, 0.1) is 13.2 Å². The number of aliphatic hydroxyl groups excluding tert-OH is 1. The van der Waals surface area contributed by atoms with Gasteiger partial charge in [0.25, 0.3) is 0 Å². The maximum Gasteiger partial charge on any atom is 0.321 e. The first-order chi connectivity index (χ1) is 19.4. The Morgan fingerprint density at radius 3 is 2.30 bits per heavy atom. The molecule has 7 heteroatoms. The van der Waals surface area contributed by atoms with Gasteiger partial charge >= 0.3 is 6.03 Å². The van der Waals surface area contributed by atoms with E-state index in [1.54, 1.807) is 7.11 Å². The summed E-state index contributed by atoms with van der Waals surface area (Å²) in [5, 5.41) is 13.9. The lowest BCUT2D eigenvalue weighted by Crippen LogP contribution is -2.70. The molecule has 2 fully saturated rings. The Bertz CT molecular complexity index is 1330. The van der Waals surface area contributed by atoms with Crippen LogP contribution in [0.1, 0.15) is 29.0 Å². The summed E-state index contributed by atoms with van der Waals surface area (Å²) in [6.07, 6.45) is 0.0632. The molecule has 2 aliphatic rings. The van der Waals surface area contributed by atoms with Crippen molar-refractivity contribution >= 4 is 11.7 Å². The van der Waals surface area contributed by atoms with E-state index in [9.17, 15) is 9.90 Å². The van der Waals surface area contributed by atoms with Crippen molar-refractivity contribution in [2.45, 2.75) is 30.5 Å². The standard InChI is InChI=1S/C33H38N4O3/c1-35(2)22-30-32(26-13-11-25(12-14-26)10-9-24-7-5-4-6-8-24)31-23-36(20-19-28(38)21-37(30)31)33(39)34-27-15-17-29(40-3)18-16-27/h4-8,11-18,28,30-32,38H,19-23H2,1-3H3,(H,34,39)/t28-,30+,31?,32-/m0/s1. The number of urea groups is 1. The number of carbonyl (C=O) groups excluding carboxylic acids is 1. The molecule has 2 saturated heterocycles. The van der Waals surface area contributed by atoms with Crippen LogP contribution in [0.4, 0.5) is 10.5 Å². The smallest absolute Gasteiger partial charge is 0.321 e. The number of hydrogen-bond acceptors (Lipinski definition) is 5. The van der Waals surface area contributed by atoms with Crippen LogP contribution in [0.15, 0.2) is 78.9 Å². The number of carbonyl (C=O) groups is 1. The zero-order valence-electron chi connectivity index (χ0n) is 23.5. The van der Waals surface area contributed by atoms with Crippen molar-refractivity contribution in [1.29, 1.82) is 0 Å². The summed E-state index contributed by atoms with van der Waals surface area (Å²) in [5.41, 5.74) is 3.92. The van der Waals surface area contributed by atoms with E-state index in [2.05, 4.69) is 65.3 Å². The topological polar surface area (TPSA) is 68.3 Å². The zero-order valence-corrected chi connectivity index (χ0v) is 23.5. The van der Waals surface area contributed by atoms with Crippen molar-refractivity contribution in [3.8, 4) is 17.6 Å². The highest BCUT2D eigenvalue weighted by Gasteiger charge is 2.50. The third-order valence-electron chi connectivity index (χ3n) is 7.84. The number of ether oxygens (including phenoxy) is 1. The number of aliphatic hydroxyl groups is 1. The summed E-state index contributed by atoms with van der Waals surface area (Å²) in [5.74, 6) is 7.48. The van der Waals surface area contributed by atoms with Crippen LogP contribution in [-0.2, 0) is 0 Å². The number of nitrogens with zero attached hydrogens (tertiary/aromatic N) is 3. The number of benzene rings is 3.